The molecule has 1 aliphatic carbocycles. The Bertz CT molecular complexity index is 499. The first-order valence-corrected chi connectivity index (χ1v) is 6.33. The van der Waals surface area contributed by atoms with Crippen LogP contribution in [0.15, 0.2) is 24.3 Å². The van der Waals surface area contributed by atoms with E-state index >= 15 is 0 Å². The molecule has 1 aromatic rings. The Balaban J connectivity index is 2.11. The molecule has 1 unspecified atom stereocenters. The lowest BCUT2D eigenvalue weighted by molar-refractivity contribution is -0.326. The third-order valence-corrected chi connectivity index (χ3v) is 3.82. The lowest BCUT2D eigenvalue weighted by Crippen LogP contribution is -2.38. The van der Waals surface area contributed by atoms with Gasteiger partial charge in [0.2, 0.25) is 0 Å². The zero-order valence-corrected chi connectivity index (χ0v) is 10.7. The summed E-state index contributed by atoms with van der Waals surface area (Å²) in [5.74, 6) is -1.06. The van der Waals surface area contributed by atoms with Crippen LogP contribution in [0, 0.1) is 5.41 Å². The average molecular weight is 288 g/mol. The predicted octanol–water partition coefficient (Wildman–Crippen LogP) is 3.17. The first kappa shape index (κ1) is 14.8. The van der Waals surface area contributed by atoms with Crippen molar-refractivity contribution in [3.05, 3.63) is 35.4 Å². The van der Waals surface area contributed by atoms with Crippen molar-refractivity contribution in [2.24, 2.45) is 5.41 Å². The number of hydrogen-bond acceptors (Lipinski definition) is 2. The molecule has 0 radical (unpaired) electrons. The van der Waals surface area contributed by atoms with E-state index in [4.69, 9.17) is 0 Å². The van der Waals surface area contributed by atoms with Crippen molar-refractivity contribution >= 4 is 5.97 Å². The summed E-state index contributed by atoms with van der Waals surface area (Å²) >= 11 is 0. The molecule has 0 heterocycles. The lowest BCUT2D eigenvalue weighted by Gasteiger charge is -2.34. The Morgan fingerprint density at radius 3 is 2.55 bits per heavy atom. The number of aryl methyl sites for hydroxylation is 1. The van der Waals surface area contributed by atoms with Crippen molar-refractivity contribution in [2.45, 2.75) is 32.0 Å². The zero-order chi connectivity index (χ0) is 14.8. The molecule has 20 heavy (non-hydrogen) atoms. The standard InChI is InChI=1S/C14H15F3O3/c15-14(16,17)20-8-7-13(12(18)19)6-5-10-3-1-2-4-11(10)9-13/h1-4H,5-9H2,(H,18,19). The summed E-state index contributed by atoms with van der Waals surface area (Å²) in [7, 11) is 0. The van der Waals surface area contributed by atoms with Gasteiger partial charge in [0.25, 0.3) is 0 Å². The van der Waals surface area contributed by atoms with Gasteiger partial charge in [-0.05, 0) is 36.8 Å². The second kappa shape index (κ2) is 5.44. The van der Waals surface area contributed by atoms with Crippen LogP contribution in [0.4, 0.5) is 13.2 Å². The minimum atomic E-state index is -4.72. The Morgan fingerprint density at radius 1 is 1.30 bits per heavy atom. The Kier molecular flexibility index (Phi) is 4.04. The van der Waals surface area contributed by atoms with Crippen molar-refractivity contribution in [3.63, 3.8) is 0 Å². The van der Waals surface area contributed by atoms with Gasteiger partial charge in [-0.2, -0.15) is 0 Å². The average Bonchev–Trinajstić information content (AvgIpc) is 2.37. The fourth-order valence-corrected chi connectivity index (χ4v) is 2.67. The maximum absolute atomic E-state index is 12.0. The van der Waals surface area contributed by atoms with Crippen LogP contribution in [0.1, 0.15) is 24.0 Å². The molecule has 0 aliphatic heterocycles. The molecule has 2 rings (SSSR count). The number of carbonyl (C=O) groups is 1. The lowest BCUT2D eigenvalue weighted by atomic mass is 9.70. The summed E-state index contributed by atoms with van der Waals surface area (Å²) < 4.78 is 39.7. The van der Waals surface area contributed by atoms with Crippen molar-refractivity contribution in [2.75, 3.05) is 6.61 Å². The fourth-order valence-electron chi connectivity index (χ4n) is 2.67. The van der Waals surface area contributed by atoms with E-state index < -0.39 is 24.4 Å². The highest BCUT2D eigenvalue weighted by Gasteiger charge is 2.42. The van der Waals surface area contributed by atoms with Crippen LogP contribution >= 0.6 is 0 Å². The van der Waals surface area contributed by atoms with Gasteiger partial charge in [-0.25, -0.2) is 0 Å². The maximum Gasteiger partial charge on any atom is 0.522 e. The van der Waals surface area contributed by atoms with Crippen LogP contribution in [-0.2, 0) is 22.4 Å². The van der Waals surface area contributed by atoms with E-state index in [0.717, 1.165) is 11.1 Å². The van der Waals surface area contributed by atoms with E-state index in [9.17, 15) is 23.1 Å². The number of hydrogen-bond donors (Lipinski definition) is 1. The van der Waals surface area contributed by atoms with Gasteiger partial charge in [-0.3, -0.25) is 9.53 Å². The maximum atomic E-state index is 12.0. The predicted molar refractivity (Wildman–Crippen MR) is 65.2 cm³/mol. The van der Waals surface area contributed by atoms with Gasteiger partial charge in [-0.1, -0.05) is 24.3 Å². The summed E-state index contributed by atoms with van der Waals surface area (Å²) in [5, 5.41) is 9.41. The quantitative estimate of drug-likeness (QED) is 0.925. The van der Waals surface area contributed by atoms with Gasteiger partial charge in [0.15, 0.2) is 0 Å². The molecule has 110 valence electrons. The van der Waals surface area contributed by atoms with Gasteiger partial charge in [0.05, 0.1) is 12.0 Å². The van der Waals surface area contributed by atoms with Gasteiger partial charge in [0.1, 0.15) is 0 Å². The fraction of sp³-hybridized carbons (Fsp3) is 0.500. The number of rotatable bonds is 4. The zero-order valence-electron chi connectivity index (χ0n) is 10.7. The molecule has 3 nitrogen and oxygen atoms in total. The topological polar surface area (TPSA) is 46.5 Å². The molecule has 0 bridgehead atoms. The van der Waals surface area contributed by atoms with Crippen LogP contribution in [0.25, 0.3) is 0 Å². The number of ether oxygens (including phenoxy) is 1. The molecule has 6 heteroatoms. The smallest absolute Gasteiger partial charge is 0.481 e. The van der Waals surface area contributed by atoms with E-state index in [0.29, 0.717) is 12.8 Å². The molecule has 0 amide bonds. The number of halogens is 3. The van der Waals surface area contributed by atoms with E-state index in [1.165, 1.54) is 0 Å². The molecule has 0 spiro atoms. The van der Waals surface area contributed by atoms with E-state index in [2.05, 4.69) is 4.74 Å². The summed E-state index contributed by atoms with van der Waals surface area (Å²) in [6.45, 7) is -0.627. The minimum Gasteiger partial charge on any atom is -0.481 e. The molecule has 0 fully saturated rings. The first-order valence-electron chi connectivity index (χ1n) is 6.33. The van der Waals surface area contributed by atoms with Crippen molar-refractivity contribution in [3.8, 4) is 0 Å². The summed E-state index contributed by atoms with van der Waals surface area (Å²) in [6, 6.07) is 7.44. The number of carboxylic acid groups (broad SMARTS) is 1. The largest absolute Gasteiger partial charge is 0.522 e. The Morgan fingerprint density at radius 2 is 1.95 bits per heavy atom. The number of carboxylic acids is 1. The van der Waals surface area contributed by atoms with Gasteiger partial charge in [0, 0.05) is 0 Å². The van der Waals surface area contributed by atoms with E-state index in [1.54, 1.807) is 0 Å². The summed E-state index contributed by atoms with van der Waals surface area (Å²) in [6.07, 6.45) is -3.71. The number of fused-ring (bicyclic) bond motifs is 1. The summed E-state index contributed by atoms with van der Waals surface area (Å²) in [5.41, 5.74) is 0.800. The molecule has 1 aliphatic rings. The van der Waals surface area contributed by atoms with Crippen LogP contribution in [0.2, 0.25) is 0 Å². The minimum absolute atomic E-state index is 0.143. The highest BCUT2D eigenvalue weighted by atomic mass is 19.4. The monoisotopic (exact) mass is 288 g/mol. The second-order valence-electron chi connectivity index (χ2n) is 5.08. The molecule has 1 N–H and O–H groups in total. The van der Waals surface area contributed by atoms with E-state index in [1.807, 2.05) is 24.3 Å². The molecular weight excluding hydrogens is 273 g/mol. The van der Waals surface area contributed by atoms with Crippen molar-refractivity contribution < 1.29 is 27.8 Å². The van der Waals surface area contributed by atoms with Crippen LogP contribution in [0.5, 0.6) is 0 Å². The number of aliphatic carboxylic acids is 1. The van der Waals surface area contributed by atoms with E-state index in [-0.39, 0.29) is 12.8 Å². The van der Waals surface area contributed by atoms with Crippen LogP contribution in [0.3, 0.4) is 0 Å². The van der Waals surface area contributed by atoms with Gasteiger partial charge in [-0.15, -0.1) is 13.2 Å². The normalized spacial score (nSPS) is 22.4. The Hall–Kier alpha value is -1.56. The highest BCUT2D eigenvalue weighted by molar-refractivity contribution is 5.75. The van der Waals surface area contributed by atoms with Gasteiger partial charge < -0.3 is 5.11 Å². The number of benzene rings is 1. The Labute approximate surface area is 114 Å². The molecule has 0 saturated carbocycles. The molecule has 0 saturated heterocycles. The second-order valence-corrected chi connectivity index (χ2v) is 5.08. The third kappa shape index (κ3) is 3.30. The molecule has 1 atom stereocenters. The summed E-state index contributed by atoms with van der Waals surface area (Å²) in [4.78, 5) is 11.5. The third-order valence-electron chi connectivity index (χ3n) is 3.82. The van der Waals surface area contributed by atoms with Crippen molar-refractivity contribution in [1.82, 2.24) is 0 Å². The molecule has 0 aromatic heterocycles. The SMILES string of the molecule is O=C(O)C1(CCOC(F)(F)F)CCc2ccccc2C1. The highest BCUT2D eigenvalue weighted by Crippen LogP contribution is 2.39. The first-order chi connectivity index (χ1) is 9.32. The van der Waals surface area contributed by atoms with Crippen molar-refractivity contribution in [1.29, 1.82) is 0 Å². The number of alkyl halides is 3. The van der Waals surface area contributed by atoms with Crippen LogP contribution < -0.4 is 0 Å². The van der Waals surface area contributed by atoms with Crippen LogP contribution in [-0.4, -0.2) is 24.0 Å². The molecule has 1 aromatic carbocycles. The van der Waals surface area contributed by atoms with Gasteiger partial charge >= 0.3 is 12.3 Å². The molecular formula is C14H15F3O3.